The van der Waals surface area contributed by atoms with E-state index in [0.717, 1.165) is 5.56 Å². The average molecular weight is 380 g/mol. The molecule has 0 bridgehead atoms. The minimum atomic E-state index is -0.597. The standard InChI is InChI=1S/C21H18F2N4O/c1-26-19(28)12-18(14-7-9-24-10-8-14)25-21(26)27-11-3-4-15(13-27)20-16(22)5-2-6-17(20)23/h2,4-10,12H,3,11,13H2,1H3. The number of hydrogen-bond acceptors (Lipinski definition) is 4. The van der Waals surface area contributed by atoms with Crippen LogP contribution in [0.25, 0.3) is 16.8 Å². The van der Waals surface area contributed by atoms with E-state index in [4.69, 9.17) is 0 Å². The smallest absolute Gasteiger partial charge is 0.255 e. The first-order chi connectivity index (χ1) is 13.5. The second-order valence-electron chi connectivity index (χ2n) is 6.61. The summed E-state index contributed by atoms with van der Waals surface area (Å²) in [5.74, 6) is -0.734. The molecular weight excluding hydrogens is 362 g/mol. The van der Waals surface area contributed by atoms with Gasteiger partial charge in [0.05, 0.1) is 11.3 Å². The largest absolute Gasteiger partial charge is 0.338 e. The maximum Gasteiger partial charge on any atom is 0.255 e. The molecule has 3 heterocycles. The van der Waals surface area contributed by atoms with Gasteiger partial charge in [0, 0.05) is 44.2 Å². The molecule has 7 heteroatoms. The van der Waals surface area contributed by atoms with Crippen LogP contribution in [0.15, 0.2) is 59.7 Å². The Bertz CT molecular complexity index is 1090. The third-order valence-electron chi connectivity index (χ3n) is 4.80. The van der Waals surface area contributed by atoms with E-state index in [9.17, 15) is 13.6 Å². The first kappa shape index (κ1) is 18.0. The lowest BCUT2D eigenvalue weighted by Crippen LogP contribution is -2.35. The third-order valence-corrected chi connectivity index (χ3v) is 4.80. The molecule has 4 rings (SSSR count). The number of rotatable bonds is 3. The molecular formula is C21H18F2N4O. The summed E-state index contributed by atoms with van der Waals surface area (Å²) < 4.78 is 29.9. The van der Waals surface area contributed by atoms with Crippen LogP contribution in [-0.4, -0.2) is 27.6 Å². The van der Waals surface area contributed by atoms with Gasteiger partial charge in [0.15, 0.2) is 0 Å². The van der Waals surface area contributed by atoms with Crippen molar-refractivity contribution in [2.75, 3.05) is 18.0 Å². The molecule has 1 aliphatic heterocycles. The van der Waals surface area contributed by atoms with Crippen LogP contribution in [-0.2, 0) is 7.05 Å². The average Bonchev–Trinajstić information content (AvgIpc) is 2.71. The van der Waals surface area contributed by atoms with Crippen molar-refractivity contribution in [1.29, 1.82) is 0 Å². The van der Waals surface area contributed by atoms with Gasteiger partial charge in [-0.15, -0.1) is 0 Å². The first-order valence-electron chi connectivity index (χ1n) is 8.91. The Kier molecular flexibility index (Phi) is 4.73. The van der Waals surface area contributed by atoms with E-state index >= 15 is 0 Å². The number of halogens is 2. The third kappa shape index (κ3) is 3.31. The van der Waals surface area contributed by atoms with Crippen LogP contribution in [0.1, 0.15) is 12.0 Å². The second-order valence-corrected chi connectivity index (χ2v) is 6.61. The van der Waals surface area contributed by atoms with Crippen molar-refractivity contribution < 1.29 is 8.78 Å². The summed E-state index contributed by atoms with van der Waals surface area (Å²) in [6, 6.07) is 8.87. The van der Waals surface area contributed by atoms with E-state index in [1.54, 1.807) is 31.6 Å². The highest BCUT2D eigenvalue weighted by Crippen LogP contribution is 2.28. The lowest BCUT2D eigenvalue weighted by atomic mass is 10.00. The van der Waals surface area contributed by atoms with Gasteiger partial charge >= 0.3 is 0 Å². The van der Waals surface area contributed by atoms with Gasteiger partial charge in [-0.25, -0.2) is 13.8 Å². The van der Waals surface area contributed by atoms with Gasteiger partial charge in [-0.05, 0) is 36.3 Å². The van der Waals surface area contributed by atoms with Gasteiger partial charge in [-0.1, -0.05) is 12.1 Å². The predicted octanol–water partition coefficient (Wildman–Crippen LogP) is 3.41. The molecule has 3 aromatic rings. The minimum absolute atomic E-state index is 0.0255. The Hall–Kier alpha value is -3.35. The molecule has 0 aliphatic carbocycles. The van der Waals surface area contributed by atoms with Crippen molar-refractivity contribution >= 4 is 11.5 Å². The lowest BCUT2D eigenvalue weighted by molar-refractivity contribution is 0.574. The Balaban J connectivity index is 1.73. The summed E-state index contributed by atoms with van der Waals surface area (Å²) in [6.45, 7) is 0.859. The molecule has 5 nitrogen and oxygen atoms in total. The zero-order valence-electron chi connectivity index (χ0n) is 15.3. The molecule has 1 aromatic carbocycles. The van der Waals surface area contributed by atoms with Crippen LogP contribution in [0, 0.1) is 11.6 Å². The van der Waals surface area contributed by atoms with Crippen LogP contribution in [0.5, 0.6) is 0 Å². The normalized spacial score (nSPS) is 14.1. The van der Waals surface area contributed by atoms with Crippen LogP contribution in [0.3, 0.4) is 0 Å². The molecule has 1 aliphatic rings. The highest BCUT2D eigenvalue weighted by Gasteiger charge is 2.22. The first-order valence-corrected chi connectivity index (χ1v) is 8.91. The van der Waals surface area contributed by atoms with Crippen molar-refractivity contribution in [2.24, 2.45) is 7.05 Å². The van der Waals surface area contributed by atoms with Crippen LogP contribution in [0.2, 0.25) is 0 Å². The monoisotopic (exact) mass is 380 g/mol. The summed E-state index contributed by atoms with van der Waals surface area (Å²) in [6.07, 6.45) is 5.70. The fourth-order valence-corrected chi connectivity index (χ4v) is 3.38. The van der Waals surface area contributed by atoms with Gasteiger partial charge in [0.1, 0.15) is 11.6 Å². The molecule has 0 amide bonds. The quantitative estimate of drug-likeness (QED) is 0.699. The number of nitrogens with zero attached hydrogens (tertiary/aromatic N) is 4. The number of aromatic nitrogens is 3. The van der Waals surface area contributed by atoms with E-state index in [2.05, 4.69) is 9.97 Å². The second kappa shape index (κ2) is 7.34. The van der Waals surface area contributed by atoms with Crippen molar-refractivity contribution in [3.8, 4) is 11.3 Å². The molecule has 0 fully saturated rings. The Morgan fingerprint density at radius 3 is 2.50 bits per heavy atom. The number of anilines is 1. The summed E-state index contributed by atoms with van der Waals surface area (Å²) in [5, 5.41) is 0. The summed E-state index contributed by atoms with van der Waals surface area (Å²) in [5.41, 5.74) is 1.63. The highest BCUT2D eigenvalue weighted by atomic mass is 19.1. The van der Waals surface area contributed by atoms with Crippen LogP contribution < -0.4 is 10.5 Å². The summed E-state index contributed by atoms with van der Waals surface area (Å²) >= 11 is 0. The van der Waals surface area contributed by atoms with Crippen LogP contribution in [0.4, 0.5) is 14.7 Å². The Morgan fingerprint density at radius 1 is 1.07 bits per heavy atom. The molecule has 0 unspecified atom stereocenters. The highest BCUT2D eigenvalue weighted by molar-refractivity contribution is 5.72. The van der Waals surface area contributed by atoms with E-state index in [0.29, 0.717) is 30.2 Å². The SMILES string of the molecule is Cn1c(N2CCC=C(c3c(F)cccc3F)C2)nc(-c2ccncc2)cc1=O. The summed E-state index contributed by atoms with van der Waals surface area (Å²) in [7, 11) is 1.64. The topological polar surface area (TPSA) is 51.0 Å². The van der Waals surface area contributed by atoms with Gasteiger partial charge in [0.2, 0.25) is 5.95 Å². The zero-order chi connectivity index (χ0) is 19.7. The molecule has 0 spiro atoms. The number of pyridine rings is 1. The van der Waals surface area contributed by atoms with E-state index < -0.39 is 11.6 Å². The lowest BCUT2D eigenvalue weighted by Gasteiger charge is -2.30. The fourth-order valence-electron chi connectivity index (χ4n) is 3.38. The maximum atomic E-state index is 14.2. The Morgan fingerprint density at radius 2 is 1.79 bits per heavy atom. The van der Waals surface area contributed by atoms with Gasteiger partial charge in [0.25, 0.3) is 5.56 Å². The summed E-state index contributed by atoms with van der Waals surface area (Å²) in [4.78, 5) is 23.0. The van der Waals surface area contributed by atoms with Crippen molar-refractivity contribution in [3.05, 3.63) is 82.4 Å². The molecule has 28 heavy (non-hydrogen) atoms. The van der Waals surface area contributed by atoms with Gasteiger partial charge in [-0.2, -0.15) is 0 Å². The molecule has 0 saturated heterocycles. The molecule has 0 atom stereocenters. The fraction of sp³-hybridized carbons (Fsp3) is 0.190. The van der Waals surface area contributed by atoms with Crippen molar-refractivity contribution in [2.45, 2.75) is 6.42 Å². The van der Waals surface area contributed by atoms with E-state index in [-0.39, 0.29) is 17.7 Å². The minimum Gasteiger partial charge on any atom is -0.338 e. The number of benzene rings is 1. The van der Waals surface area contributed by atoms with E-state index in [1.807, 2.05) is 11.0 Å². The Labute approximate surface area is 160 Å². The zero-order valence-corrected chi connectivity index (χ0v) is 15.3. The molecule has 142 valence electrons. The predicted molar refractivity (Wildman–Crippen MR) is 104 cm³/mol. The molecule has 2 aromatic heterocycles. The number of hydrogen-bond donors (Lipinski definition) is 0. The maximum absolute atomic E-state index is 14.2. The molecule has 0 N–H and O–H groups in total. The van der Waals surface area contributed by atoms with Gasteiger partial charge < -0.3 is 4.90 Å². The molecule has 0 saturated carbocycles. The van der Waals surface area contributed by atoms with E-state index in [1.165, 1.54) is 28.8 Å². The van der Waals surface area contributed by atoms with Crippen LogP contribution >= 0.6 is 0 Å². The van der Waals surface area contributed by atoms with Gasteiger partial charge in [-0.3, -0.25) is 14.3 Å². The van der Waals surface area contributed by atoms with Crippen molar-refractivity contribution in [3.63, 3.8) is 0 Å². The van der Waals surface area contributed by atoms with Crippen molar-refractivity contribution in [1.82, 2.24) is 14.5 Å². The molecule has 0 radical (unpaired) electrons.